The fraction of sp³-hybridized carbons (Fsp3) is 0.308. The largest absolute Gasteiger partial charge is 0.463 e. The summed E-state index contributed by atoms with van der Waals surface area (Å²) in [5.74, 6) is 1.36. The van der Waals surface area contributed by atoms with Crippen LogP contribution in [0.5, 0.6) is 0 Å². The number of hydrogen-bond acceptors (Lipinski definition) is 4. The predicted octanol–water partition coefficient (Wildman–Crippen LogP) is 3.54. The normalized spacial score (nSPS) is 12.4. The van der Waals surface area contributed by atoms with E-state index in [1.165, 1.54) is 5.69 Å². The van der Waals surface area contributed by atoms with Crippen LogP contribution in [0.4, 0.5) is 5.82 Å². The third-order valence-electron chi connectivity index (χ3n) is 2.92. The third-order valence-corrected chi connectivity index (χ3v) is 3.75. The maximum Gasteiger partial charge on any atom is 0.196 e. The zero-order chi connectivity index (χ0) is 12.9. The van der Waals surface area contributed by atoms with Crippen LogP contribution < -0.4 is 5.73 Å². The zero-order valence-electron chi connectivity index (χ0n) is 10.6. The zero-order valence-corrected chi connectivity index (χ0v) is 11.4. The highest BCUT2D eigenvalue weighted by atomic mass is 32.1. The van der Waals surface area contributed by atoms with Crippen molar-refractivity contribution in [3.63, 3.8) is 0 Å². The molecule has 0 unspecified atom stereocenters. The van der Waals surface area contributed by atoms with Gasteiger partial charge in [-0.3, -0.25) is 4.40 Å². The van der Waals surface area contributed by atoms with E-state index in [1.807, 2.05) is 16.5 Å². The minimum Gasteiger partial charge on any atom is -0.463 e. The minimum absolute atomic E-state index is 0.0352. The topological polar surface area (TPSA) is 56.5 Å². The van der Waals surface area contributed by atoms with Crippen molar-refractivity contribution in [1.82, 2.24) is 9.38 Å². The molecule has 0 saturated carbocycles. The Morgan fingerprint density at radius 1 is 1.39 bits per heavy atom. The Hall–Kier alpha value is -1.75. The fourth-order valence-electron chi connectivity index (χ4n) is 1.99. The van der Waals surface area contributed by atoms with Crippen LogP contribution in [0.1, 0.15) is 26.5 Å². The van der Waals surface area contributed by atoms with Crippen molar-refractivity contribution in [2.24, 2.45) is 0 Å². The number of aromatic nitrogens is 2. The second-order valence-corrected chi connectivity index (χ2v) is 6.15. The molecule has 0 amide bonds. The number of nitrogens with zero attached hydrogens (tertiary/aromatic N) is 2. The first-order chi connectivity index (χ1) is 8.48. The van der Waals surface area contributed by atoms with Crippen LogP contribution in [-0.2, 0) is 5.41 Å². The highest BCUT2D eigenvalue weighted by Crippen LogP contribution is 2.34. The molecule has 3 rings (SSSR count). The highest BCUT2D eigenvalue weighted by molar-refractivity contribution is 7.15. The number of thiazole rings is 1. The van der Waals surface area contributed by atoms with Gasteiger partial charge < -0.3 is 10.2 Å². The number of imidazole rings is 1. The Kier molecular flexibility index (Phi) is 2.28. The summed E-state index contributed by atoms with van der Waals surface area (Å²) in [7, 11) is 0. The van der Waals surface area contributed by atoms with Crippen LogP contribution >= 0.6 is 11.3 Å². The fourth-order valence-corrected chi connectivity index (χ4v) is 3.11. The number of nitrogens with two attached hydrogens (primary N) is 1. The lowest BCUT2D eigenvalue weighted by Gasteiger charge is -2.17. The molecule has 0 aromatic carbocycles. The average Bonchev–Trinajstić information content (AvgIpc) is 2.94. The molecule has 0 aliphatic rings. The molecule has 94 valence electrons. The summed E-state index contributed by atoms with van der Waals surface area (Å²) in [5, 5.41) is 2.12. The van der Waals surface area contributed by atoms with Crippen LogP contribution in [0.15, 0.2) is 28.2 Å². The van der Waals surface area contributed by atoms with Crippen LogP contribution in [0.25, 0.3) is 16.4 Å². The van der Waals surface area contributed by atoms with Gasteiger partial charge in [-0.25, -0.2) is 4.98 Å². The number of hydrogen-bond donors (Lipinski definition) is 1. The Morgan fingerprint density at radius 2 is 2.17 bits per heavy atom. The van der Waals surface area contributed by atoms with E-state index < -0.39 is 0 Å². The van der Waals surface area contributed by atoms with E-state index >= 15 is 0 Å². The number of rotatable bonds is 1. The average molecular weight is 261 g/mol. The maximum atomic E-state index is 6.22. The van der Waals surface area contributed by atoms with Gasteiger partial charge in [0.2, 0.25) is 0 Å². The molecule has 0 aliphatic carbocycles. The monoisotopic (exact) mass is 261 g/mol. The van der Waals surface area contributed by atoms with Crippen LogP contribution in [-0.4, -0.2) is 9.38 Å². The SMILES string of the molecule is CC(C)(C)c1csc2nc(-c3ccco3)c(N)n12. The van der Waals surface area contributed by atoms with Gasteiger partial charge in [0, 0.05) is 16.5 Å². The first-order valence-corrected chi connectivity index (χ1v) is 6.66. The molecule has 3 aromatic rings. The standard InChI is InChI=1S/C13H15N3OS/c1-13(2,3)9-7-18-12-15-10(11(14)16(9)12)8-5-4-6-17-8/h4-7H,14H2,1-3H3. The van der Waals surface area contributed by atoms with Crippen molar-refractivity contribution in [2.75, 3.05) is 5.73 Å². The predicted molar refractivity (Wildman–Crippen MR) is 73.9 cm³/mol. The number of anilines is 1. The molecular formula is C13H15N3OS. The van der Waals surface area contributed by atoms with Crippen LogP contribution in [0, 0.1) is 0 Å². The lowest BCUT2D eigenvalue weighted by atomic mass is 9.93. The second-order valence-electron chi connectivity index (χ2n) is 5.31. The van der Waals surface area contributed by atoms with Gasteiger partial charge in [0.05, 0.1) is 6.26 Å². The van der Waals surface area contributed by atoms with Gasteiger partial charge in [-0.2, -0.15) is 0 Å². The number of fused-ring (bicyclic) bond motifs is 1. The van der Waals surface area contributed by atoms with Crippen molar-refractivity contribution in [3.8, 4) is 11.5 Å². The van der Waals surface area contributed by atoms with Gasteiger partial charge in [-0.05, 0) is 12.1 Å². The van der Waals surface area contributed by atoms with Crippen molar-refractivity contribution >= 4 is 22.1 Å². The molecular weight excluding hydrogens is 246 g/mol. The minimum atomic E-state index is 0.0352. The molecule has 0 atom stereocenters. The van der Waals surface area contributed by atoms with E-state index in [1.54, 1.807) is 17.6 Å². The molecule has 4 nitrogen and oxygen atoms in total. The molecule has 3 heterocycles. The first-order valence-electron chi connectivity index (χ1n) is 5.78. The van der Waals surface area contributed by atoms with Gasteiger partial charge in [-0.1, -0.05) is 20.8 Å². The molecule has 0 fully saturated rings. The highest BCUT2D eigenvalue weighted by Gasteiger charge is 2.23. The summed E-state index contributed by atoms with van der Waals surface area (Å²) in [6.07, 6.45) is 1.63. The lowest BCUT2D eigenvalue weighted by molar-refractivity contribution is 0.565. The Bertz CT molecular complexity index is 686. The summed E-state index contributed by atoms with van der Waals surface area (Å²) in [4.78, 5) is 5.46. The maximum absolute atomic E-state index is 6.22. The summed E-state index contributed by atoms with van der Waals surface area (Å²) in [5.41, 5.74) is 8.15. The number of nitrogen functional groups attached to an aromatic ring is 1. The van der Waals surface area contributed by atoms with Crippen molar-refractivity contribution in [1.29, 1.82) is 0 Å². The van der Waals surface area contributed by atoms with Gasteiger partial charge in [-0.15, -0.1) is 11.3 Å². The number of furan rings is 1. The second kappa shape index (κ2) is 3.62. The molecule has 5 heteroatoms. The van der Waals surface area contributed by atoms with Crippen molar-refractivity contribution < 1.29 is 4.42 Å². The molecule has 3 aromatic heterocycles. The Morgan fingerprint density at radius 3 is 2.78 bits per heavy atom. The van der Waals surface area contributed by atoms with E-state index in [2.05, 4.69) is 31.1 Å². The summed E-state index contributed by atoms with van der Waals surface area (Å²) in [6, 6.07) is 3.71. The quantitative estimate of drug-likeness (QED) is 0.729. The van der Waals surface area contributed by atoms with Gasteiger partial charge in [0.1, 0.15) is 11.5 Å². The molecule has 0 aliphatic heterocycles. The third kappa shape index (κ3) is 1.54. The van der Waals surface area contributed by atoms with Gasteiger partial charge >= 0.3 is 0 Å². The Balaban J connectivity index is 2.28. The van der Waals surface area contributed by atoms with Crippen molar-refractivity contribution in [2.45, 2.75) is 26.2 Å². The van der Waals surface area contributed by atoms with Crippen LogP contribution in [0.3, 0.4) is 0 Å². The molecule has 2 N–H and O–H groups in total. The molecule has 0 radical (unpaired) electrons. The van der Waals surface area contributed by atoms with E-state index in [4.69, 9.17) is 10.2 Å². The van der Waals surface area contributed by atoms with E-state index in [9.17, 15) is 0 Å². The summed E-state index contributed by atoms with van der Waals surface area (Å²) >= 11 is 1.60. The molecule has 0 saturated heterocycles. The Labute approximate surface area is 109 Å². The van der Waals surface area contributed by atoms with E-state index in [0.717, 1.165) is 10.7 Å². The summed E-state index contributed by atoms with van der Waals surface area (Å²) < 4.78 is 7.39. The van der Waals surface area contributed by atoms with Crippen LogP contribution in [0.2, 0.25) is 0 Å². The molecule has 18 heavy (non-hydrogen) atoms. The van der Waals surface area contributed by atoms with E-state index in [-0.39, 0.29) is 5.41 Å². The van der Waals surface area contributed by atoms with E-state index in [0.29, 0.717) is 11.6 Å². The first kappa shape index (κ1) is 11.3. The lowest BCUT2D eigenvalue weighted by Crippen LogP contribution is -2.14. The molecule has 0 bridgehead atoms. The molecule has 0 spiro atoms. The van der Waals surface area contributed by atoms with Gasteiger partial charge in [0.25, 0.3) is 0 Å². The smallest absolute Gasteiger partial charge is 0.196 e. The van der Waals surface area contributed by atoms with Crippen molar-refractivity contribution in [3.05, 3.63) is 29.5 Å². The van der Waals surface area contributed by atoms with Gasteiger partial charge in [0.15, 0.2) is 10.7 Å². The summed E-state index contributed by atoms with van der Waals surface area (Å²) in [6.45, 7) is 6.50.